The van der Waals surface area contributed by atoms with Crippen molar-refractivity contribution in [2.45, 2.75) is 19.9 Å². The molecule has 1 unspecified atom stereocenters. The number of rotatable bonds is 3. The predicted molar refractivity (Wildman–Crippen MR) is 85.8 cm³/mol. The van der Waals surface area contributed by atoms with Crippen LogP contribution in [0.5, 0.6) is 0 Å². The van der Waals surface area contributed by atoms with Gasteiger partial charge in [-0.3, -0.25) is 4.79 Å². The standard InChI is InChI=1S/C17H17BrFNO/c1-11-7-6-9-14(16(11)18)17(21)20(3)12(2)13-8-4-5-10-15(13)19/h4-10,12H,1-3H3. The van der Waals surface area contributed by atoms with E-state index in [1.165, 1.54) is 6.07 Å². The number of carbonyl (C=O) groups is 1. The molecule has 0 aliphatic rings. The molecule has 0 saturated carbocycles. The van der Waals surface area contributed by atoms with Gasteiger partial charge in [-0.05, 0) is 47.5 Å². The van der Waals surface area contributed by atoms with Gasteiger partial charge in [-0.15, -0.1) is 0 Å². The first-order valence-electron chi connectivity index (χ1n) is 6.70. The molecule has 2 aromatic rings. The van der Waals surface area contributed by atoms with E-state index in [2.05, 4.69) is 15.9 Å². The van der Waals surface area contributed by atoms with Crippen LogP contribution in [0.2, 0.25) is 0 Å². The maximum atomic E-state index is 13.9. The highest BCUT2D eigenvalue weighted by atomic mass is 79.9. The second kappa shape index (κ2) is 6.39. The third-order valence-corrected chi connectivity index (χ3v) is 4.73. The van der Waals surface area contributed by atoms with Crippen LogP contribution in [0.1, 0.15) is 34.5 Å². The maximum Gasteiger partial charge on any atom is 0.255 e. The molecule has 0 spiro atoms. The molecule has 0 fully saturated rings. The van der Waals surface area contributed by atoms with E-state index in [0.717, 1.165) is 10.0 Å². The lowest BCUT2D eigenvalue weighted by Gasteiger charge is -2.26. The zero-order valence-electron chi connectivity index (χ0n) is 12.2. The minimum absolute atomic E-state index is 0.138. The Labute approximate surface area is 132 Å². The minimum atomic E-state index is -0.342. The van der Waals surface area contributed by atoms with Crippen LogP contribution >= 0.6 is 15.9 Å². The summed E-state index contributed by atoms with van der Waals surface area (Å²) in [5, 5.41) is 0. The number of halogens is 2. The Morgan fingerprint density at radius 2 is 1.86 bits per heavy atom. The van der Waals surface area contributed by atoms with Gasteiger partial charge in [0, 0.05) is 17.1 Å². The highest BCUT2D eigenvalue weighted by molar-refractivity contribution is 9.10. The third-order valence-electron chi connectivity index (χ3n) is 3.68. The summed E-state index contributed by atoms with van der Waals surface area (Å²) in [6.45, 7) is 3.75. The first-order valence-corrected chi connectivity index (χ1v) is 7.49. The number of amides is 1. The van der Waals surface area contributed by atoms with Gasteiger partial charge in [-0.2, -0.15) is 0 Å². The van der Waals surface area contributed by atoms with E-state index in [-0.39, 0.29) is 17.8 Å². The monoisotopic (exact) mass is 349 g/mol. The van der Waals surface area contributed by atoms with E-state index >= 15 is 0 Å². The van der Waals surface area contributed by atoms with Crippen LogP contribution < -0.4 is 0 Å². The Balaban J connectivity index is 2.31. The molecule has 0 saturated heterocycles. The molecule has 0 heterocycles. The van der Waals surface area contributed by atoms with Crippen LogP contribution in [0.3, 0.4) is 0 Å². The first kappa shape index (κ1) is 15.7. The molecule has 0 aliphatic heterocycles. The molecule has 110 valence electrons. The molecule has 1 atom stereocenters. The third kappa shape index (κ3) is 3.16. The van der Waals surface area contributed by atoms with E-state index in [0.29, 0.717) is 11.1 Å². The number of benzene rings is 2. The van der Waals surface area contributed by atoms with Gasteiger partial charge in [0.25, 0.3) is 5.91 Å². The number of nitrogens with zero attached hydrogens (tertiary/aromatic N) is 1. The number of aryl methyl sites for hydroxylation is 1. The van der Waals surface area contributed by atoms with Gasteiger partial charge in [0.1, 0.15) is 5.82 Å². The molecule has 2 rings (SSSR count). The summed E-state index contributed by atoms with van der Waals surface area (Å²) in [6.07, 6.45) is 0. The molecule has 0 aromatic heterocycles. The zero-order chi connectivity index (χ0) is 15.6. The summed E-state index contributed by atoms with van der Waals surface area (Å²) in [7, 11) is 1.69. The Hall–Kier alpha value is -1.68. The van der Waals surface area contributed by atoms with Crippen LogP contribution in [-0.2, 0) is 0 Å². The number of carbonyl (C=O) groups excluding carboxylic acids is 1. The fourth-order valence-corrected chi connectivity index (χ4v) is 2.63. The summed E-state index contributed by atoms with van der Waals surface area (Å²) >= 11 is 3.45. The average Bonchev–Trinajstić information content (AvgIpc) is 2.48. The number of hydrogen-bond acceptors (Lipinski definition) is 1. The van der Waals surface area contributed by atoms with Crippen LogP contribution in [0, 0.1) is 12.7 Å². The van der Waals surface area contributed by atoms with Crippen molar-refractivity contribution in [3.05, 3.63) is 69.4 Å². The van der Waals surface area contributed by atoms with Crippen molar-refractivity contribution in [2.24, 2.45) is 0 Å². The topological polar surface area (TPSA) is 20.3 Å². The van der Waals surface area contributed by atoms with Crippen molar-refractivity contribution >= 4 is 21.8 Å². The maximum absolute atomic E-state index is 13.9. The van der Waals surface area contributed by atoms with Gasteiger partial charge in [-0.25, -0.2) is 4.39 Å². The fraction of sp³-hybridized carbons (Fsp3) is 0.235. The Bertz CT molecular complexity index is 672. The van der Waals surface area contributed by atoms with E-state index in [1.807, 2.05) is 26.0 Å². The van der Waals surface area contributed by atoms with Crippen LogP contribution in [0.15, 0.2) is 46.9 Å². The number of hydrogen-bond donors (Lipinski definition) is 0. The molecule has 2 nitrogen and oxygen atoms in total. The van der Waals surface area contributed by atoms with Gasteiger partial charge >= 0.3 is 0 Å². The molecule has 0 N–H and O–H groups in total. The second-order valence-corrected chi connectivity index (χ2v) is 5.84. The van der Waals surface area contributed by atoms with Crippen LogP contribution in [0.4, 0.5) is 4.39 Å². The van der Waals surface area contributed by atoms with Crippen LogP contribution in [-0.4, -0.2) is 17.9 Å². The summed E-state index contributed by atoms with van der Waals surface area (Å²) in [6, 6.07) is 11.7. The molecule has 0 aliphatic carbocycles. The lowest BCUT2D eigenvalue weighted by molar-refractivity contribution is 0.0739. The quantitative estimate of drug-likeness (QED) is 0.784. The Kier molecular flexibility index (Phi) is 4.78. The van der Waals surface area contributed by atoms with Crippen molar-refractivity contribution in [3.63, 3.8) is 0 Å². The molecule has 4 heteroatoms. The largest absolute Gasteiger partial charge is 0.335 e. The lowest BCUT2D eigenvalue weighted by atomic mass is 10.0. The van der Waals surface area contributed by atoms with E-state index in [9.17, 15) is 9.18 Å². The molecule has 0 bridgehead atoms. The predicted octanol–water partition coefficient (Wildman–Crippen LogP) is 4.73. The molecule has 21 heavy (non-hydrogen) atoms. The molecule has 1 amide bonds. The van der Waals surface area contributed by atoms with Crippen molar-refractivity contribution in [2.75, 3.05) is 7.05 Å². The smallest absolute Gasteiger partial charge is 0.255 e. The van der Waals surface area contributed by atoms with Crippen molar-refractivity contribution < 1.29 is 9.18 Å². The minimum Gasteiger partial charge on any atom is -0.335 e. The molecular weight excluding hydrogens is 333 g/mol. The Morgan fingerprint density at radius 1 is 1.19 bits per heavy atom. The lowest BCUT2D eigenvalue weighted by Crippen LogP contribution is -2.30. The van der Waals surface area contributed by atoms with Gasteiger partial charge in [0.15, 0.2) is 0 Å². The summed E-state index contributed by atoms with van der Waals surface area (Å²) < 4.78 is 14.6. The van der Waals surface area contributed by atoms with E-state index in [1.54, 1.807) is 36.2 Å². The van der Waals surface area contributed by atoms with Gasteiger partial charge in [-0.1, -0.05) is 30.3 Å². The van der Waals surface area contributed by atoms with Gasteiger partial charge in [0.05, 0.1) is 11.6 Å². The van der Waals surface area contributed by atoms with Crippen LogP contribution in [0.25, 0.3) is 0 Å². The van der Waals surface area contributed by atoms with Gasteiger partial charge < -0.3 is 4.90 Å². The summed E-state index contributed by atoms with van der Waals surface area (Å²) in [4.78, 5) is 14.2. The SMILES string of the molecule is Cc1cccc(C(=O)N(C)C(C)c2ccccc2F)c1Br. The molecule has 2 aromatic carbocycles. The van der Waals surface area contributed by atoms with Crippen molar-refractivity contribution in [1.29, 1.82) is 0 Å². The second-order valence-electron chi connectivity index (χ2n) is 5.05. The fourth-order valence-electron chi connectivity index (χ4n) is 2.20. The molecule has 0 radical (unpaired) electrons. The van der Waals surface area contributed by atoms with Crippen molar-refractivity contribution in [3.8, 4) is 0 Å². The first-order chi connectivity index (χ1) is 9.93. The summed E-state index contributed by atoms with van der Waals surface area (Å²) in [5.41, 5.74) is 2.09. The summed E-state index contributed by atoms with van der Waals surface area (Å²) in [5.74, 6) is -0.436. The van der Waals surface area contributed by atoms with Crippen molar-refractivity contribution in [1.82, 2.24) is 4.90 Å². The highest BCUT2D eigenvalue weighted by Gasteiger charge is 2.22. The Morgan fingerprint density at radius 3 is 2.52 bits per heavy atom. The van der Waals surface area contributed by atoms with E-state index < -0.39 is 0 Å². The highest BCUT2D eigenvalue weighted by Crippen LogP contribution is 2.27. The van der Waals surface area contributed by atoms with E-state index in [4.69, 9.17) is 0 Å². The molecular formula is C17H17BrFNO. The zero-order valence-corrected chi connectivity index (χ0v) is 13.8. The normalized spacial score (nSPS) is 12.0. The average molecular weight is 350 g/mol. The van der Waals surface area contributed by atoms with Gasteiger partial charge in [0.2, 0.25) is 0 Å².